The van der Waals surface area contributed by atoms with Crippen molar-refractivity contribution in [3.63, 3.8) is 0 Å². The minimum Gasteiger partial charge on any atom is -0.497 e. The van der Waals surface area contributed by atoms with Crippen molar-refractivity contribution in [1.82, 2.24) is 10.3 Å². The molecule has 0 aliphatic rings. The van der Waals surface area contributed by atoms with Crippen molar-refractivity contribution in [3.05, 3.63) is 94.6 Å². The maximum atomic E-state index is 12.6. The molecule has 30 heavy (non-hydrogen) atoms. The Labute approximate surface area is 171 Å². The largest absolute Gasteiger partial charge is 0.497 e. The van der Waals surface area contributed by atoms with E-state index < -0.39 is 0 Å². The third kappa shape index (κ3) is 4.15. The van der Waals surface area contributed by atoms with E-state index in [9.17, 15) is 9.59 Å². The fourth-order valence-corrected chi connectivity index (χ4v) is 2.88. The summed E-state index contributed by atoms with van der Waals surface area (Å²) in [6, 6.07) is 15.1. The lowest BCUT2D eigenvalue weighted by molar-refractivity contribution is 0.0951. The van der Waals surface area contributed by atoms with Crippen LogP contribution in [0.4, 0.5) is 0 Å². The molecule has 0 unspecified atom stereocenters. The quantitative estimate of drug-likeness (QED) is 0.526. The zero-order chi connectivity index (χ0) is 20.9. The zero-order valence-corrected chi connectivity index (χ0v) is 16.1. The summed E-state index contributed by atoms with van der Waals surface area (Å²) >= 11 is 0. The molecule has 0 spiro atoms. The third-order valence-corrected chi connectivity index (χ3v) is 4.47. The van der Waals surface area contributed by atoms with Crippen molar-refractivity contribution in [2.45, 2.75) is 6.54 Å². The van der Waals surface area contributed by atoms with Crippen LogP contribution in [0, 0.1) is 0 Å². The first kappa shape index (κ1) is 19.2. The van der Waals surface area contributed by atoms with Crippen LogP contribution in [0.1, 0.15) is 15.9 Å². The fourth-order valence-electron chi connectivity index (χ4n) is 2.88. The molecular formula is C23H18N2O5. The molecule has 2 aromatic heterocycles. The third-order valence-electron chi connectivity index (χ3n) is 4.47. The van der Waals surface area contributed by atoms with Crippen LogP contribution >= 0.6 is 0 Å². The summed E-state index contributed by atoms with van der Waals surface area (Å²) < 4.78 is 16.3. The van der Waals surface area contributed by atoms with E-state index >= 15 is 0 Å². The number of nitrogens with zero attached hydrogens (tertiary/aromatic N) is 1. The Hall–Kier alpha value is -4.13. The molecule has 7 nitrogen and oxygen atoms in total. The Balaban J connectivity index is 1.46. The first-order valence-electron chi connectivity index (χ1n) is 9.18. The van der Waals surface area contributed by atoms with Crippen LogP contribution in [0.15, 0.2) is 82.5 Å². The van der Waals surface area contributed by atoms with Gasteiger partial charge in [-0.1, -0.05) is 6.07 Å². The van der Waals surface area contributed by atoms with Crippen LogP contribution in [0.3, 0.4) is 0 Å². The van der Waals surface area contributed by atoms with Gasteiger partial charge in [0, 0.05) is 30.6 Å². The summed E-state index contributed by atoms with van der Waals surface area (Å²) in [6.45, 7) is 0.383. The second-order valence-electron chi connectivity index (χ2n) is 6.46. The van der Waals surface area contributed by atoms with E-state index in [-0.39, 0.29) is 17.1 Å². The number of hydrogen-bond acceptors (Lipinski definition) is 6. The molecule has 0 fully saturated rings. The molecule has 4 aromatic rings. The number of hydrogen-bond donors (Lipinski definition) is 1. The van der Waals surface area contributed by atoms with E-state index in [4.69, 9.17) is 13.9 Å². The van der Waals surface area contributed by atoms with Crippen molar-refractivity contribution < 1.29 is 18.7 Å². The van der Waals surface area contributed by atoms with Gasteiger partial charge in [0.05, 0.1) is 12.5 Å². The number of carbonyl (C=O) groups excluding carboxylic acids is 1. The number of fused-ring (bicyclic) bond motifs is 1. The maximum Gasteiger partial charge on any atom is 0.251 e. The average molecular weight is 402 g/mol. The van der Waals surface area contributed by atoms with Gasteiger partial charge in [0.25, 0.3) is 5.91 Å². The normalized spacial score (nSPS) is 10.6. The molecule has 2 heterocycles. The number of ether oxygens (including phenoxy) is 2. The molecule has 0 radical (unpaired) electrons. The van der Waals surface area contributed by atoms with Gasteiger partial charge in [-0.25, -0.2) is 0 Å². The van der Waals surface area contributed by atoms with Gasteiger partial charge < -0.3 is 19.2 Å². The van der Waals surface area contributed by atoms with Crippen LogP contribution in [0.2, 0.25) is 0 Å². The Morgan fingerprint density at radius 3 is 2.63 bits per heavy atom. The molecule has 0 aliphatic heterocycles. The molecule has 0 aliphatic carbocycles. The second kappa shape index (κ2) is 8.48. The van der Waals surface area contributed by atoms with Gasteiger partial charge in [0.2, 0.25) is 11.2 Å². The summed E-state index contributed by atoms with van der Waals surface area (Å²) in [6.07, 6.45) is 4.64. The van der Waals surface area contributed by atoms with Crippen LogP contribution < -0.4 is 20.2 Å². The smallest absolute Gasteiger partial charge is 0.251 e. The summed E-state index contributed by atoms with van der Waals surface area (Å²) in [5, 5.41) is 3.22. The monoisotopic (exact) mass is 402 g/mol. The summed E-state index contributed by atoms with van der Waals surface area (Å²) in [4.78, 5) is 28.9. The molecule has 150 valence electrons. The second-order valence-corrected chi connectivity index (χ2v) is 6.46. The molecule has 4 rings (SSSR count). The minimum absolute atomic E-state index is 0.0569. The van der Waals surface area contributed by atoms with Crippen molar-refractivity contribution in [1.29, 1.82) is 0 Å². The molecule has 7 heteroatoms. The van der Waals surface area contributed by atoms with Gasteiger partial charge in [-0.15, -0.1) is 0 Å². The number of pyridine rings is 1. The number of carbonyl (C=O) groups is 1. The van der Waals surface area contributed by atoms with E-state index in [0.29, 0.717) is 34.6 Å². The number of nitrogens with one attached hydrogen (secondary N) is 1. The Morgan fingerprint density at radius 2 is 1.90 bits per heavy atom. The van der Waals surface area contributed by atoms with Crippen LogP contribution in [-0.2, 0) is 6.54 Å². The number of methoxy groups -OCH3 is 1. The lowest BCUT2D eigenvalue weighted by atomic mass is 10.2. The first-order chi connectivity index (χ1) is 14.6. The maximum absolute atomic E-state index is 12.6. The zero-order valence-electron chi connectivity index (χ0n) is 16.1. The van der Waals surface area contributed by atoms with Crippen LogP contribution in [0.5, 0.6) is 17.2 Å². The molecule has 0 bridgehead atoms. The summed E-state index contributed by atoms with van der Waals surface area (Å²) in [5.41, 5.74) is 1.50. The predicted molar refractivity (Wildman–Crippen MR) is 111 cm³/mol. The minimum atomic E-state index is -0.294. The number of rotatable bonds is 6. The van der Waals surface area contributed by atoms with E-state index in [1.165, 1.54) is 6.26 Å². The highest BCUT2D eigenvalue weighted by Crippen LogP contribution is 2.24. The topological polar surface area (TPSA) is 90.7 Å². The van der Waals surface area contributed by atoms with Crippen LogP contribution in [-0.4, -0.2) is 18.0 Å². The number of amides is 1. The van der Waals surface area contributed by atoms with Gasteiger partial charge in [-0.2, -0.15) is 0 Å². The molecule has 1 N–H and O–H groups in total. The van der Waals surface area contributed by atoms with Gasteiger partial charge in [0.1, 0.15) is 23.3 Å². The van der Waals surface area contributed by atoms with E-state index in [1.54, 1.807) is 62.0 Å². The molecule has 0 saturated carbocycles. The lowest BCUT2D eigenvalue weighted by Gasteiger charge is -2.08. The molecular weight excluding hydrogens is 384 g/mol. The highest BCUT2D eigenvalue weighted by atomic mass is 16.5. The van der Waals surface area contributed by atoms with E-state index in [0.717, 1.165) is 5.56 Å². The summed E-state index contributed by atoms with van der Waals surface area (Å²) in [5.74, 6) is 0.849. The van der Waals surface area contributed by atoms with Gasteiger partial charge >= 0.3 is 0 Å². The van der Waals surface area contributed by atoms with Gasteiger partial charge in [0.15, 0.2) is 0 Å². The first-order valence-corrected chi connectivity index (χ1v) is 9.18. The highest BCUT2D eigenvalue weighted by Gasteiger charge is 2.11. The predicted octanol–water partition coefficient (Wildman–Crippen LogP) is 3.92. The summed E-state index contributed by atoms with van der Waals surface area (Å²) in [7, 11) is 1.54. The molecule has 2 aromatic carbocycles. The van der Waals surface area contributed by atoms with E-state index in [1.807, 2.05) is 12.1 Å². The van der Waals surface area contributed by atoms with Gasteiger partial charge in [-0.3, -0.25) is 14.6 Å². The molecule has 1 amide bonds. The molecule has 0 atom stereocenters. The van der Waals surface area contributed by atoms with Crippen molar-refractivity contribution in [3.8, 4) is 17.2 Å². The highest BCUT2D eigenvalue weighted by molar-refractivity contribution is 5.94. The van der Waals surface area contributed by atoms with Crippen molar-refractivity contribution in [2.24, 2.45) is 0 Å². The number of aromatic nitrogens is 1. The fraction of sp³-hybridized carbons (Fsp3) is 0.0870. The Morgan fingerprint density at radius 1 is 1.10 bits per heavy atom. The SMILES string of the molecule is COc1ccc2c(=O)c(Oc3ccc(C(=O)NCc4cccnc4)cc3)coc2c1. The average Bonchev–Trinajstić information content (AvgIpc) is 2.80. The lowest BCUT2D eigenvalue weighted by Crippen LogP contribution is -2.22. The van der Waals surface area contributed by atoms with Crippen molar-refractivity contribution >= 4 is 16.9 Å². The standard InChI is InChI=1S/C23H18N2O5/c1-28-18-8-9-19-20(11-18)29-14-21(22(19)26)30-17-6-4-16(5-7-17)23(27)25-13-15-3-2-10-24-12-15/h2-12,14H,13H2,1H3,(H,25,27). The Kier molecular flexibility index (Phi) is 5.43. The van der Waals surface area contributed by atoms with Gasteiger partial charge in [-0.05, 0) is 48.0 Å². The van der Waals surface area contributed by atoms with Crippen molar-refractivity contribution in [2.75, 3.05) is 7.11 Å². The van der Waals surface area contributed by atoms with E-state index in [2.05, 4.69) is 10.3 Å². The molecule has 0 saturated heterocycles. The number of benzene rings is 2. The Bertz CT molecular complexity index is 1230. The van der Waals surface area contributed by atoms with Crippen LogP contribution in [0.25, 0.3) is 11.0 Å².